The molecule has 0 aromatic carbocycles. The van der Waals surface area contributed by atoms with Crippen LogP contribution in [-0.4, -0.2) is 0 Å². The summed E-state index contributed by atoms with van der Waals surface area (Å²) in [5.74, 6) is 0. The van der Waals surface area contributed by atoms with Crippen LogP contribution >= 0.6 is 0 Å². The van der Waals surface area contributed by atoms with Crippen LogP contribution in [0.1, 0.15) is 19.8 Å². The maximum Gasteiger partial charge on any atom is 0.0267 e. The lowest BCUT2D eigenvalue weighted by molar-refractivity contribution is 0.913. The van der Waals surface area contributed by atoms with E-state index in [0.29, 0.717) is 5.70 Å². The first-order chi connectivity index (χ1) is 3.68. The Hall–Kier alpha value is -0.720. The second kappa shape index (κ2) is 3.30. The molecule has 1 heteroatoms. The van der Waals surface area contributed by atoms with Crippen molar-refractivity contribution >= 4 is 0 Å². The summed E-state index contributed by atoms with van der Waals surface area (Å²) < 4.78 is 0. The summed E-state index contributed by atoms with van der Waals surface area (Å²) in [4.78, 5) is 0. The van der Waals surface area contributed by atoms with E-state index in [1.165, 1.54) is 0 Å². The highest BCUT2D eigenvalue weighted by atomic mass is 14.6. The summed E-state index contributed by atoms with van der Waals surface area (Å²) in [6.45, 7) is 9.36. The standard InChI is InChI=1S/C7H13N/c1-4-5-6(2)7(3)8/h2-5,8H2,1H3. The molecule has 0 saturated carbocycles. The minimum Gasteiger partial charge on any atom is -0.399 e. The zero-order valence-corrected chi connectivity index (χ0v) is 5.41. The number of nitrogens with two attached hydrogens (primary N) is 1. The molecule has 0 aliphatic heterocycles. The van der Waals surface area contributed by atoms with Crippen LogP contribution in [0, 0.1) is 0 Å². The van der Waals surface area contributed by atoms with E-state index in [9.17, 15) is 0 Å². The molecule has 0 heterocycles. The van der Waals surface area contributed by atoms with Crippen molar-refractivity contribution in [2.45, 2.75) is 19.8 Å². The Morgan fingerprint density at radius 1 is 1.50 bits per heavy atom. The molecular weight excluding hydrogens is 98.1 g/mol. The Bertz CT molecular complexity index is 103. The highest BCUT2D eigenvalue weighted by Gasteiger charge is 1.89. The van der Waals surface area contributed by atoms with Crippen LogP contribution in [-0.2, 0) is 0 Å². The first-order valence-electron chi connectivity index (χ1n) is 2.81. The highest BCUT2D eigenvalue weighted by molar-refractivity contribution is 5.20. The topological polar surface area (TPSA) is 26.0 Å². The van der Waals surface area contributed by atoms with Crippen LogP contribution in [0.3, 0.4) is 0 Å². The molecule has 0 amide bonds. The fraction of sp³-hybridized carbons (Fsp3) is 0.429. The minimum absolute atomic E-state index is 0.617. The molecule has 0 aromatic rings. The predicted octanol–water partition coefficient (Wildman–Crippen LogP) is 1.82. The number of allylic oxidation sites excluding steroid dienone is 1. The molecule has 0 aromatic heterocycles. The average molecular weight is 111 g/mol. The Morgan fingerprint density at radius 3 is 2.12 bits per heavy atom. The van der Waals surface area contributed by atoms with E-state index < -0.39 is 0 Å². The van der Waals surface area contributed by atoms with Gasteiger partial charge in [0.05, 0.1) is 0 Å². The SMILES string of the molecule is C=C(N)C(=C)CCC. The molecule has 8 heavy (non-hydrogen) atoms. The molecule has 0 radical (unpaired) electrons. The highest BCUT2D eigenvalue weighted by Crippen LogP contribution is 2.05. The summed E-state index contributed by atoms with van der Waals surface area (Å²) in [7, 11) is 0. The number of hydrogen-bond donors (Lipinski definition) is 1. The third-order valence-corrected chi connectivity index (χ3v) is 1.01. The lowest BCUT2D eigenvalue weighted by Crippen LogP contribution is -1.96. The van der Waals surface area contributed by atoms with Gasteiger partial charge in [0, 0.05) is 5.70 Å². The molecule has 0 fully saturated rings. The van der Waals surface area contributed by atoms with Gasteiger partial charge in [0.1, 0.15) is 0 Å². The number of rotatable bonds is 3. The summed E-state index contributed by atoms with van der Waals surface area (Å²) in [6.07, 6.45) is 2.06. The first kappa shape index (κ1) is 7.28. The average Bonchev–Trinajstić information content (AvgIpc) is 1.67. The van der Waals surface area contributed by atoms with Gasteiger partial charge in [-0.25, -0.2) is 0 Å². The zero-order chi connectivity index (χ0) is 6.57. The molecule has 0 spiro atoms. The van der Waals surface area contributed by atoms with Gasteiger partial charge in [-0.2, -0.15) is 0 Å². The first-order valence-corrected chi connectivity index (χ1v) is 2.81. The fourth-order valence-corrected chi connectivity index (χ4v) is 0.462. The van der Waals surface area contributed by atoms with Crippen molar-refractivity contribution in [2.75, 3.05) is 0 Å². The van der Waals surface area contributed by atoms with Crippen LogP contribution in [0.25, 0.3) is 0 Å². The lowest BCUT2D eigenvalue weighted by atomic mass is 10.1. The molecule has 0 unspecified atom stereocenters. The molecule has 0 atom stereocenters. The Kier molecular flexibility index (Phi) is 3.01. The van der Waals surface area contributed by atoms with E-state index in [4.69, 9.17) is 5.73 Å². The van der Waals surface area contributed by atoms with Crippen molar-refractivity contribution in [1.29, 1.82) is 0 Å². The van der Waals surface area contributed by atoms with Gasteiger partial charge in [0.15, 0.2) is 0 Å². The van der Waals surface area contributed by atoms with E-state index in [0.717, 1.165) is 18.4 Å². The van der Waals surface area contributed by atoms with Crippen LogP contribution in [0.5, 0.6) is 0 Å². The smallest absolute Gasteiger partial charge is 0.0267 e. The van der Waals surface area contributed by atoms with Gasteiger partial charge in [-0.05, 0) is 12.0 Å². The summed E-state index contributed by atoms with van der Waals surface area (Å²) in [6, 6.07) is 0. The molecular formula is C7H13N. The third-order valence-electron chi connectivity index (χ3n) is 1.01. The third kappa shape index (κ3) is 2.45. The van der Waals surface area contributed by atoms with Gasteiger partial charge >= 0.3 is 0 Å². The maximum absolute atomic E-state index is 5.33. The van der Waals surface area contributed by atoms with E-state index in [-0.39, 0.29) is 0 Å². The molecule has 0 aliphatic carbocycles. The van der Waals surface area contributed by atoms with Gasteiger partial charge in [-0.3, -0.25) is 0 Å². The van der Waals surface area contributed by atoms with Crippen LogP contribution in [0.2, 0.25) is 0 Å². The van der Waals surface area contributed by atoms with Crippen molar-refractivity contribution in [1.82, 2.24) is 0 Å². The van der Waals surface area contributed by atoms with Crippen LogP contribution in [0.4, 0.5) is 0 Å². The van der Waals surface area contributed by atoms with Gasteiger partial charge in [0.25, 0.3) is 0 Å². The van der Waals surface area contributed by atoms with E-state index >= 15 is 0 Å². The van der Waals surface area contributed by atoms with E-state index in [2.05, 4.69) is 20.1 Å². The molecule has 1 nitrogen and oxygen atoms in total. The number of hydrogen-bond acceptors (Lipinski definition) is 1. The maximum atomic E-state index is 5.33. The Morgan fingerprint density at radius 2 is 2.00 bits per heavy atom. The van der Waals surface area contributed by atoms with Crippen LogP contribution < -0.4 is 5.73 Å². The quantitative estimate of drug-likeness (QED) is 0.552. The molecule has 0 rings (SSSR count). The predicted molar refractivity (Wildman–Crippen MR) is 37.4 cm³/mol. The van der Waals surface area contributed by atoms with Crippen molar-refractivity contribution in [3.8, 4) is 0 Å². The van der Waals surface area contributed by atoms with Gasteiger partial charge < -0.3 is 5.73 Å². The minimum atomic E-state index is 0.617. The lowest BCUT2D eigenvalue weighted by Gasteiger charge is -1.99. The fourth-order valence-electron chi connectivity index (χ4n) is 0.462. The summed E-state index contributed by atoms with van der Waals surface area (Å²) in [5.41, 5.74) is 6.91. The molecule has 0 saturated heterocycles. The largest absolute Gasteiger partial charge is 0.399 e. The molecule has 0 aliphatic rings. The molecule has 0 bridgehead atoms. The molecule has 46 valence electrons. The van der Waals surface area contributed by atoms with Crippen molar-refractivity contribution < 1.29 is 0 Å². The van der Waals surface area contributed by atoms with Crippen molar-refractivity contribution in [2.24, 2.45) is 5.73 Å². The van der Waals surface area contributed by atoms with Gasteiger partial charge in [-0.15, -0.1) is 0 Å². The summed E-state index contributed by atoms with van der Waals surface area (Å²) >= 11 is 0. The second-order valence-electron chi connectivity index (χ2n) is 1.88. The van der Waals surface area contributed by atoms with E-state index in [1.807, 2.05) is 0 Å². The van der Waals surface area contributed by atoms with Gasteiger partial charge in [0.2, 0.25) is 0 Å². The van der Waals surface area contributed by atoms with Crippen molar-refractivity contribution in [3.63, 3.8) is 0 Å². The normalized spacial score (nSPS) is 8.62. The summed E-state index contributed by atoms with van der Waals surface area (Å²) in [5, 5.41) is 0. The monoisotopic (exact) mass is 111 g/mol. The Balaban J connectivity index is 3.49. The van der Waals surface area contributed by atoms with Gasteiger partial charge in [-0.1, -0.05) is 26.5 Å². The van der Waals surface area contributed by atoms with Crippen LogP contribution in [0.15, 0.2) is 24.4 Å². The van der Waals surface area contributed by atoms with Crippen molar-refractivity contribution in [3.05, 3.63) is 24.4 Å². The van der Waals surface area contributed by atoms with E-state index in [1.54, 1.807) is 0 Å². The second-order valence-corrected chi connectivity index (χ2v) is 1.88. The Labute approximate surface area is 50.9 Å². The molecule has 2 N–H and O–H groups in total. The zero-order valence-electron chi connectivity index (χ0n) is 5.41.